The van der Waals surface area contributed by atoms with Gasteiger partial charge in [0.15, 0.2) is 0 Å². The summed E-state index contributed by atoms with van der Waals surface area (Å²) in [6.45, 7) is 1.61. The van der Waals surface area contributed by atoms with Crippen molar-refractivity contribution in [3.05, 3.63) is 35.1 Å². The van der Waals surface area contributed by atoms with Crippen molar-refractivity contribution in [3.63, 3.8) is 0 Å². The largest absolute Gasteiger partial charge is 0.337 e. The Morgan fingerprint density at radius 2 is 2.05 bits per heavy atom. The number of carbonyl (C=O) groups is 1. The fraction of sp³-hybridized carbons (Fsp3) is 0.417. The molecule has 4 nitrogen and oxygen atoms in total. The Balaban J connectivity index is 2.14. The van der Waals surface area contributed by atoms with Crippen LogP contribution in [0.3, 0.4) is 0 Å². The Morgan fingerprint density at radius 1 is 1.37 bits per heavy atom. The van der Waals surface area contributed by atoms with Crippen molar-refractivity contribution in [1.29, 1.82) is 0 Å². The molecule has 0 saturated carbocycles. The number of likely N-dealkylation sites (tertiary alicyclic amines) is 1. The molecule has 0 radical (unpaired) electrons. The normalized spacial score (nSPS) is 20.1. The standard InChI is InChI=1S/C12H13F2NO3S/c1-8-2-9(4-10(13)3-8)6-15-7-11(5-12(15)16)19(14,17)18/h2-4,11H,5-7H2,1H3. The van der Waals surface area contributed by atoms with E-state index in [-0.39, 0.29) is 19.5 Å². The van der Waals surface area contributed by atoms with Gasteiger partial charge >= 0.3 is 10.2 Å². The molecule has 1 amide bonds. The van der Waals surface area contributed by atoms with Crippen LogP contribution in [0.25, 0.3) is 0 Å². The van der Waals surface area contributed by atoms with Crippen LogP contribution in [-0.2, 0) is 21.6 Å². The van der Waals surface area contributed by atoms with Gasteiger partial charge in [0, 0.05) is 19.5 Å². The molecule has 0 N–H and O–H groups in total. The summed E-state index contributed by atoms with van der Waals surface area (Å²) in [5.41, 5.74) is 1.26. The van der Waals surface area contributed by atoms with Crippen LogP contribution in [0.15, 0.2) is 18.2 Å². The minimum atomic E-state index is -4.71. The molecule has 7 heteroatoms. The van der Waals surface area contributed by atoms with Crippen molar-refractivity contribution in [1.82, 2.24) is 4.90 Å². The van der Waals surface area contributed by atoms with Crippen LogP contribution in [-0.4, -0.2) is 31.0 Å². The highest BCUT2D eigenvalue weighted by atomic mass is 32.3. The second kappa shape index (κ2) is 4.88. The number of hydrogen-bond donors (Lipinski definition) is 0. The Kier molecular flexibility index (Phi) is 3.58. The van der Waals surface area contributed by atoms with Crippen molar-refractivity contribution >= 4 is 16.1 Å². The molecule has 19 heavy (non-hydrogen) atoms. The van der Waals surface area contributed by atoms with Crippen molar-refractivity contribution < 1.29 is 21.5 Å². The van der Waals surface area contributed by atoms with E-state index in [0.29, 0.717) is 11.1 Å². The Bertz CT molecular complexity index is 595. The van der Waals surface area contributed by atoms with Crippen LogP contribution >= 0.6 is 0 Å². The Hall–Kier alpha value is -1.50. The molecule has 1 aliphatic heterocycles. The SMILES string of the molecule is Cc1cc(F)cc(CN2CC(S(=O)(=O)F)CC2=O)c1. The smallest absolute Gasteiger partial charge is 0.307 e. The summed E-state index contributed by atoms with van der Waals surface area (Å²) in [6, 6.07) is 4.33. The van der Waals surface area contributed by atoms with Gasteiger partial charge in [-0.2, -0.15) is 8.42 Å². The van der Waals surface area contributed by atoms with E-state index in [1.54, 1.807) is 13.0 Å². The molecular formula is C12H13F2NO3S. The molecule has 1 saturated heterocycles. The molecule has 104 valence electrons. The lowest BCUT2D eigenvalue weighted by atomic mass is 10.1. The number of carbonyl (C=O) groups excluding carboxylic acids is 1. The Morgan fingerprint density at radius 3 is 2.58 bits per heavy atom. The van der Waals surface area contributed by atoms with Crippen LogP contribution in [0.1, 0.15) is 17.5 Å². The highest BCUT2D eigenvalue weighted by Gasteiger charge is 2.38. The highest BCUT2D eigenvalue weighted by Crippen LogP contribution is 2.22. The maximum absolute atomic E-state index is 13.2. The average molecular weight is 289 g/mol. The zero-order valence-corrected chi connectivity index (χ0v) is 11.1. The summed E-state index contributed by atoms with van der Waals surface area (Å²) in [5, 5.41) is -1.31. The molecule has 2 rings (SSSR count). The third-order valence-electron chi connectivity index (χ3n) is 3.05. The number of aryl methyl sites for hydroxylation is 1. The molecule has 1 aromatic carbocycles. The fourth-order valence-corrected chi connectivity index (χ4v) is 2.90. The van der Waals surface area contributed by atoms with E-state index in [1.165, 1.54) is 17.0 Å². The van der Waals surface area contributed by atoms with Crippen molar-refractivity contribution in [3.8, 4) is 0 Å². The van der Waals surface area contributed by atoms with Gasteiger partial charge in [-0.05, 0) is 30.2 Å². The second-order valence-electron chi connectivity index (χ2n) is 4.71. The molecule has 0 spiro atoms. The number of hydrogen-bond acceptors (Lipinski definition) is 3. The highest BCUT2D eigenvalue weighted by molar-refractivity contribution is 7.87. The molecular weight excluding hydrogens is 276 g/mol. The molecule has 1 fully saturated rings. The van der Waals surface area contributed by atoms with Crippen LogP contribution < -0.4 is 0 Å². The van der Waals surface area contributed by atoms with Crippen LogP contribution in [0, 0.1) is 12.7 Å². The quantitative estimate of drug-likeness (QED) is 0.793. The first-order chi connectivity index (χ1) is 8.75. The zero-order chi connectivity index (χ0) is 14.2. The predicted octanol–water partition coefficient (Wildman–Crippen LogP) is 1.53. The van der Waals surface area contributed by atoms with Gasteiger partial charge in [-0.3, -0.25) is 4.79 Å². The van der Waals surface area contributed by atoms with E-state index in [2.05, 4.69) is 0 Å². The summed E-state index contributed by atoms with van der Waals surface area (Å²) in [7, 11) is -4.71. The summed E-state index contributed by atoms with van der Waals surface area (Å²) in [4.78, 5) is 12.8. The predicted molar refractivity (Wildman–Crippen MR) is 65.0 cm³/mol. The Labute approximate surface area is 110 Å². The topological polar surface area (TPSA) is 54.5 Å². The maximum Gasteiger partial charge on any atom is 0.307 e. The summed E-state index contributed by atoms with van der Waals surface area (Å²) in [6.07, 6.45) is -0.354. The number of benzene rings is 1. The van der Waals surface area contributed by atoms with E-state index in [4.69, 9.17) is 0 Å². The minimum absolute atomic E-state index is 0.0868. The maximum atomic E-state index is 13.2. The average Bonchev–Trinajstić information content (AvgIpc) is 2.58. The van der Waals surface area contributed by atoms with E-state index < -0.39 is 27.2 Å². The van der Waals surface area contributed by atoms with Crippen molar-refractivity contribution in [2.75, 3.05) is 6.54 Å². The monoisotopic (exact) mass is 289 g/mol. The zero-order valence-electron chi connectivity index (χ0n) is 10.3. The van der Waals surface area contributed by atoms with Gasteiger partial charge < -0.3 is 4.90 Å². The summed E-state index contributed by atoms with van der Waals surface area (Å²) < 4.78 is 47.6. The molecule has 0 bridgehead atoms. The van der Waals surface area contributed by atoms with Crippen LogP contribution in [0.5, 0.6) is 0 Å². The molecule has 1 unspecified atom stereocenters. The van der Waals surface area contributed by atoms with Crippen molar-refractivity contribution in [2.24, 2.45) is 0 Å². The minimum Gasteiger partial charge on any atom is -0.337 e. The lowest BCUT2D eigenvalue weighted by molar-refractivity contribution is -0.128. The van der Waals surface area contributed by atoms with Gasteiger partial charge in [0.25, 0.3) is 0 Å². The van der Waals surface area contributed by atoms with Gasteiger partial charge in [-0.1, -0.05) is 6.07 Å². The first-order valence-electron chi connectivity index (χ1n) is 5.73. The summed E-state index contributed by atoms with van der Waals surface area (Å²) >= 11 is 0. The second-order valence-corrected chi connectivity index (χ2v) is 6.33. The third kappa shape index (κ3) is 3.28. The lowest BCUT2D eigenvalue weighted by Gasteiger charge is -2.16. The first kappa shape index (κ1) is 13.9. The van der Waals surface area contributed by atoms with Crippen molar-refractivity contribution in [2.45, 2.75) is 25.1 Å². The van der Waals surface area contributed by atoms with Gasteiger partial charge in [-0.25, -0.2) is 4.39 Å². The molecule has 1 aromatic rings. The van der Waals surface area contributed by atoms with Crippen LogP contribution in [0.2, 0.25) is 0 Å². The number of nitrogens with zero attached hydrogens (tertiary/aromatic N) is 1. The molecule has 1 aliphatic rings. The lowest BCUT2D eigenvalue weighted by Crippen LogP contribution is -2.26. The number of amides is 1. The molecule has 1 heterocycles. The van der Waals surface area contributed by atoms with E-state index in [1.807, 2.05) is 0 Å². The number of halogens is 2. The summed E-state index contributed by atoms with van der Waals surface area (Å²) in [5.74, 6) is -0.857. The number of rotatable bonds is 3. The van der Waals surface area contributed by atoms with Gasteiger partial charge in [-0.15, -0.1) is 3.89 Å². The van der Waals surface area contributed by atoms with E-state index in [0.717, 1.165) is 0 Å². The van der Waals surface area contributed by atoms with E-state index in [9.17, 15) is 21.5 Å². The molecule has 1 atom stereocenters. The third-order valence-corrected chi connectivity index (χ3v) is 4.16. The first-order valence-corrected chi connectivity index (χ1v) is 7.17. The van der Waals surface area contributed by atoms with Gasteiger partial charge in [0.1, 0.15) is 11.1 Å². The fourth-order valence-electron chi connectivity index (χ4n) is 2.20. The van der Waals surface area contributed by atoms with E-state index >= 15 is 0 Å². The van der Waals surface area contributed by atoms with Crippen LogP contribution in [0.4, 0.5) is 8.28 Å². The van der Waals surface area contributed by atoms with Gasteiger partial charge in [0.05, 0.1) is 0 Å². The molecule has 0 aromatic heterocycles. The molecule has 0 aliphatic carbocycles. The van der Waals surface area contributed by atoms with Gasteiger partial charge in [0.2, 0.25) is 5.91 Å².